The number of aromatic nitrogens is 2. The SMILES string of the molecule is Cc1nn(CC(=O)NCC2CC2)c(C)c1CCO. The molecule has 2 rings (SSSR count). The Balaban J connectivity index is 1.95. The minimum Gasteiger partial charge on any atom is -0.396 e. The molecule has 100 valence electrons. The molecular weight excluding hydrogens is 230 g/mol. The van der Waals surface area contributed by atoms with Crippen LogP contribution in [0.2, 0.25) is 0 Å². The number of nitrogens with one attached hydrogen (secondary N) is 1. The van der Waals surface area contributed by atoms with Gasteiger partial charge in [-0.2, -0.15) is 5.10 Å². The van der Waals surface area contributed by atoms with Gasteiger partial charge in [0.1, 0.15) is 6.54 Å². The quantitative estimate of drug-likeness (QED) is 0.776. The zero-order valence-electron chi connectivity index (χ0n) is 11.1. The molecule has 1 aromatic rings. The summed E-state index contributed by atoms with van der Waals surface area (Å²) in [7, 11) is 0. The third-order valence-corrected chi connectivity index (χ3v) is 3.47. The number of hydrogen-bond acceptors (Lipinski definition) is 3. The van der Waals surface area contributed by atoms with Crippen molar-refractivity contribution in [2.45, 2.75) is 39.7 Å². The van der Waals surface area contributed by atoms with Crippen LogP contribution in [-0.2, 0) is 17.8 Å². The Kier molecular flexibility index (Phi) is 4.01. The fourth-order valence-electron chi connectivity index (χ4n) is 2.13. The average molecular weight is 251 g/mol. The van der Waals surface area contributed by atoms with Gasteiger partial charge in [0.2, 0.25) is 5.91 Å². The fraction of sp³-hybridized carbons (Fsp3) is 0.692. The molecule has 18 heavy (non-hydrogen) atoms. The minimum absolute atomic E-state index is 0.0167. The topological polar surface area (TPSA) is 67.2 Å². The summed E-state index contributed by atoms with van der Waals surface area (Å²) in [5, 5.41) is 16.3. The van der Waals surface area contributed by atoms with Gasteiger partial charge in [0.25, 0.3) is 0 Å². The van der Waals surface area contributed by atoms with Crippen molar-refractivity contribution in [1.29, 1.82) is 0 Å². The molecular formula is C13H21N3O2. The summed E-state index contributed by atoms with van der Waals surface area (Å²) < 4.78 is 1.72. The van der Waals surface area contributed by atoms with E-state index < -0.39 is 0 Å². The van der Waals surface area contributed by atoms with Crippen LogP contribution in [0.25, 0.3) is 0 Å². The fourth-order valence-corrected chi connectivity index (χ4v) is 2.13. The van der Waals surface area contributed by atoms with Crippen molar-refractivity contribution in [3.8, 4) is 0 Å². The highest BCUT2D eigenvalue weighted by atomic mass is 16.3. The van der Waals surface area contributed by atoms with Gasteiger partial charge in [-0.1, -0.05) is 0 Å². The lowest BCUT2D eigenvalue weighted by atomic mass is 10.1. The lowest BCUT2D eigenvalue weighted by molar-refractivity contribution is -0.121. The molecule has 0 unspecified atom stereocenters. The van der Waals surface area contributed by atoms with Gasteiger partial charge in [-0.25, -0.2) is 0 Å². The molecule has 1 aliphatic carbocycles. The van der Waals surface area contributed by atoms with Crippen molar-refractivity contribution in [1.82, 2.24) is 15.1 Å². The van der Waals surface area contributed by atoms with E-state index in [1.165, 1.54) is 12.8 Å². The lowest BCUT2D eigenvalue weighted by Gasteiger charge is -2.06. The van der Waals surface area contributed by atoms with Crippen LogP contribution >= 0.6 is 0 Å². The van der Waals surface area contributed by atoms with Crippen molar-refractivity contribution in [3.05, 3.63) is 17.0 Å². The molecule has 0 saturated heterocycles. The summed E-state index contributed by atoms with van der Waals surface area (Å²) in [4.78, 5) is 11.8. The van der Waals surface area contributed by atoms with Crippen molar-refractivity contribution >= 4 is 5.91 Å². The maximum atomic E-state index is 11.8. The predicted octanol–water partition coefficient (Wildman–Crippen LogP) is 0.561. The Bertz CT molecular complexity index is 436. The molecule has 0 aliphatic heterocycles. The number of rotatable bonds is 6. The molecule has 1 fully saturated rings. The number of aryl methyl sites for hydroxylation is 1. The van der Waals surface area contributed by atoms with Gasteiger partial charge in [0.05, 0.1) is 5.69 Å². The van der Waals surface area contributed by atoms with Crippen molar-refractivity contribution < 1.29 is 9.90 Å². The monoisotopic (exact) mass is 251 g/mol. The van der Waals surface area contributed by atoms with Crippen LogP contribution in [0.5, 0.6) is 0 Å². The van der Waals surface area contributed by atoms with E-state index in [2.05, 4.69) is 10.4 Å². The first-order valence-electron chi connectivity index (χ1n) is 6.52. The summed E-state index contributed by atoms with van der Waals surface area (Å²) in [6, 6.07) is 0. The predicted molar refractivity (Wildman–Crippen MR) is 68.2 cm³/mol. The van der Waals surface area contributed by atoms with Crippen molar-refractivity contribution in [3.63, 3.8) is 0 Å². The Morgan fingerprint density at radius 3 is 2.83 bits per heavy atom. The second-order valence-electron chi connectivity index (χ2n) is 5.03. The summed E-state index contributed by atoms with van der Waals surface area (Å²) in [5.74, 6) is 0.711. The van der Waals surface area contributed by atoms with E-state index in [9.17, 15) is 4.79 Å². The highest BCUT2D eigenvalue weighted by Crippen LogP contribution is 2.27. The molecule has 0 atom stereocenters. The van der Waals surface area contributed by atoms with Crippen LogP contribution in [0.3, 0.4) is 0 Å². The van der Waals surface area contributed by atoms with Crippen LogP contribution in [0.1, 0.15) is 29.8 Å². The number of nitrogens with zero attached hydrogens (tertiary/aromatic N) is 2. The Morgan fingerprint density at radius 1 is 1.50 bits per heavy atom. The summed E-state index contributed by atoms with van der Waals surface area (Å²) in [6.45, 7) is 5.03. The number of aliphatic hydroxyl groups is 1. The van der Waals surface area contributed by atoms with Gasteiger partial charge in [-0.05, 0) is 44.6 Å². The van der Waals surface area contributed by atoms with E-state index in [0.717, 1.165) is 23.5 Å². The van der Waals surface area contributed by atoms with Gasteiger partial charge >= 0.3 is 0 Å². The largest absolute Gasteiger partial charge is 0.396 e. The second kappa shape index (κ2) is 5.52. The number of carbonyl (C=O) groups is 1. The minimum atomic E-state index is 0.0167. The van der Waals surface area contributed by atoms with Crippen LogP contribution < -0.4 is 5.32 Å². The molecule has 5 nitrogen and oxygen atoms in total. The summed E-state index contributed by atoms with van der Waals surface area (Å²) in [5.41, 5.74) is 2.92. The molecule has 0 bridgehead atoms. The molecule has 1 aliphatic rings. The maximum absolute atomic E-state index is 11.8. The maximum Gasteiger partial charge on any atom is 0.241 e. The van der Waals surface area contributed by atoms with Gasteiger partial charge < -0.3 is 10.4 Å². The van der Waals surface area contributed by atoms with Gasteiger partial charge in [0, 0.05) is 18.8 Å². The zero-order valence-corrected chi connectivity index (χ0v) is 11.1. The van der Waals surface area contributed by atoms with E-state index in [-0.39, 0.29) is 19.1 Å². The highest BCUT2D eigenvalue weighted by Gasteiger charge is 2.22. The number of carbonyl (C=O) groups excluding carboxylic acids is 1. The van der Waals surface area contributed by atoms with Crippen LogP contribution in [0, 0.1) is 19.8 Å². The molecule has 1 heterocycles. The first-order chi connectivity index (χ1) is 8.61. The van der Waals surface area contributed by atoms with Gasteiger partial charge in [0.15, 0.2) is 0 Å². The molecule has 1 amide bonds. The van der Waals surface area contributed by atoms with Gasteiger partial charge in [-0.3, -0.25) is 9.48 Å². The number of amides is 1. The molecule has 1 aromatic heterocycles. The van der Waals surface area contributed by atoms with Crippen LogP contribution in [0.4, 0.5) is 0 Å². The highest BCUT2D eigenvalue weighted by molar-refractivity contribution is 5.75. The van der Waals surface area contributed by atoms with Crippen molar-refractivity contribution in [2.75, 3.05) is 13.2 Å². The zero-order chi connectivity index (χ0) is 13.1. The van der Waals surface area contributed by atoms with Crippen LogP contribution in [0.15, 0.2) is 0 Å². The van der Waals surface area contributed by atoms with Crippen molar-refractivity contribution in [2.24, 2.45) is 5.92 Å². The molecule has 0 aromatic carbocycles. The molecule has 0 spiro atoms. The van der Waals surface area contributed by atoms with Gasteiger partial charge in [-0.15, -0.1) is 0 Å². The van der Waals surface area contributed by atoms with Crippen LogP contribution in [-0.4, -0.2) is 33.9 Å². The summed E-state index contributed by atoms with van der Waals surface area (Å²) in [6.07, 6.45) is 3.07. The molecule has 5 heteroatoms. The standard InChI is InChI=1S/C13H21N3O2/c1-9-12(5-6-17)10(2)16(15-9)8-13(18)14-7-11-3-4-11/h11,17H,3-8H2,1-2H3,(H,14,18). The van der Waals surface area contributed by atoms with E-state index in [1.54, 1.807) is 4.68 Å². The molecule has 1 saturated carbocycles. The van der Waals surface area contributed by atoms with E-state index in [4.69, 9.17) is 5.11 Å². The Labute approximate surface area is 107 Å². The number of hydrogen-bond donors (Lipinski definition) is 2. The summed E-state index contributed by atoms with van der Waals surface area (Å²) >= 11 is 0. The molecule has 2 N–H and O–H groups in total. The average Bonchev–Trinajstić information content (AvgIpc) is 3.11. The first kappa shape index (κ1) is 13.1. The molecule has 0 radical (unpaired) electrons. The number of aliphatic hydroxyl groups excluding tert-OH is 1. The smallest absolute Gasteiger partial charge is 0.241 e. The Hall–Kier alpha value is -1.36. The third kappa shape index (κ3) is 3.10. The normalized spacial score (nSPS) is 14.8. The van der Waals surface area contributed by atoms with E-state index in [1.807, 2.05) is 13.8 Å². The van der Waals surface area contributed by atoms with E-state index in [0.29, 0.717) is 12.3 Å². The lowest BCUT2D eigenvalue weighted by Crippen LogP contribution is -2.30. The first-order valence-corrected chi connectivity index (χ1v) is 6.52. The second-order valence-corrected chi connectivity index (χ2v) is 5.03. The van der Waals surface area contributed by atoms with E-state index >= 15 is 0 Å². The Morgan fingerprint density at radius 2 is 2.22 bits per heavy atom. The third-order valence-electron chi connectivity index (χ3n) is 3.47.